The maximum atomic E-state index is 12.7. The van der Waals surface area contributed by atoms with Crippen LogP contribution in [0.25, 0.3) is 0 Å². The molecule has 0 atom stereocenters. The molecule has 4 amide bonds. The van der Waals surface area contributed by atoms with E-state index in [2.05, 4.69) is 5.32 Å². The number of carbonyl (C=O) groups is 4. The quantitative estimate of drug-likeness (QED) is 0.590. The molecule has 1 aliphatic rings. The van der Waals surface area contributed by atoms with E-state index in [1.807, 2.05) is 51.1 Å². The lowest BCUT2D eigenvalue weighted by molar-refractivity contribution is -0.156. The Hall–Kier alpha value is -2.90. The van der Waals surface area contributed by atoms with Crippen molar-refractivity contribution in [3.05, 3.63) is 35.9 Å². The van der Waals surface area contributed by atoms with E-state index in [0.29, 0.717) is 6.54 Å². The normalized spacial score (nSPS) is 16.0. The first-order valence-corrected chi connectivity index (χ1v) is 9.06. The van der Waals surface area contributed by atoms with E-state index >= 15 is 0 Å². The van der Waals surface area contributed by atoms with E-state index in [1.54, 1.807) is 18.7 Å². The first-order valence-electron chi connectivity index (χ1n) is 9.06. The van der Waals surface area contributed by atoms with Crippen molar-refractivity contribution < 1.29 is 23.9 Å². The van der Waals surface area contributed by atoms with Crippen LogP contribution >= 0.6 is 0 Å². The summed E-state index contributed by atoms with van der Waals surface area (Å²) in [6, 6.07) is 8.85. The van der Waals surface area contributed by atoms with Gasteiger partial charge in [0.15, 0.2) is 6.61 Å². The monoisotopic (exact) mass is 389 g/mol. The third-order valence-corrected chi connectivity index (χ3v) is 4.38. The van der Waals surface area contributed by atoms with Gasteiger partial charge in [-0.2, -0.15) is 0 Å². The molecule has 1 aliphatic heterocycles. The van der Waals surface area contributed by atoms with Crippen LogP contribution in [0.15, 0.2) is 30.3 Å². The summed E-state index contributed by atoms with van der Waals surface area (Å²) < 4.78 is 5.04. The summed E-state index contributed by atoms with van der Waals surface area (Å²) >= 11 is 0. The van der Waals surface area contributed by atoms with Gasteiger partial charge in [-0.3, -0.25) is 19.3 Å². The van der Waals surface area contributed by atoms with Crippen molar-refractivity contribution in [2.24, 2.45) is 0 Å². The van der Waals surface area contributed by atoms with Crippen molar-refractivity contribution in [1.82, 2.24) is 15.1 Å². The second kappa shape index (κ2) is 8.00. The number of imide groups is 1. The van der Waals surface area contributed by atoms with Gasteiger partial charge in [0, 0.05) is 12.1 Å². The van der Waals surface area contributed by atoms with E-state index in [4.69, 9.17) is 4.74 Å². The summed E-state index contributed by atoms with van der Waals surface area (Å²) in [5.41, 5.74) is -0.585. The number of hydrogen-bond donors (Lipinski definition) is 1. The van der Waals surface area contributed by atoms with Gasteiger partial charge in [-0.05, 0) is 40.2 Å². The molecule has 1 aromatic carbocycles. The van der Waals surface area contributed by atoms with E-state index in [9.17, 15) is 19.2 Å². The molecule has 1 N–H and O–H groups in total. The average Bonchev–Trinajstić information content (AvgIpc) is 2.79. The summed E-state index contributed by atoms with van der Waals surface area (Å²) in [6.45, 7) is 8.16. The Labute approximate surface area is 164 Å². The number of hydrogen-bond acceptors (Lipinski definition) is 5. The van der Waals surface area contributed by atoms with Crippen molar-refractivity contribution in [3.8, 4) is 0 Å². The molecular formula is C20H27N3O5. The molecule has 0 radical (unpaired) electrons. The Bertz CT molecular complexity index is 768. The highest BCUT2D eigenvalue weighted by Gasteiger charge is 2.45. The molecule has 0 aromatic heterocycles. The highest BCUT2D eigenvalue weighted by Crippen LogP contribution is 2.18. The molecule has 1 aromatic rings. The fraction of sp³-hybridized carbons (Fsp3) is 0.500. The van der Waals surface area contributed by atoms with Crippen molar-refractivity contribution in [1.29, 1.82) is 0 Å². The SMILES string of the molecule is CC1(C)NC(=O)N(CC(=O)OCC(=O)N(Cc2ccccc2)C(C)(C)C)C1=O. The maximum Gasteiger partial charge on any atom is 0.326 e. The predicted octanol–water partition coefficient (Wildman–Crippen LogP) is 1.69. The number of nitrogens with zero attached hydrogens (tertiary/aromatic N) is 2. The number of benzene rings is 1. The summed E-state index contributed by atoms with van der Waals surface area (Å²) in [7, 11) is 0. The minimum atomic E-state index is -1.06. The molecule has 1 fully saturated rings. The van der Waals surface area contributed by atoms with E-state index in [1.165, 1.54) is 0 Å². The second-order valence-corrected chi connectivity index (χ2v) is 8.24. The van der Waals surface area contributed by atoms with Gasteiger partial charge in [-0.25, -0.2) is 4.79 Å². The van der Waals surface area contributed by atoms with Gasteiger partial charge in [0.2, 0.25) is 0 Å². The minimum Gasteiger partial charge on any atom is -0.454 e. The third kappa shape index (κ3) is 5.09. The van der Waals surface area contributed by atoms with Crippen LogP contribution in [-0.2, 0) is 25.7 Å². The highest BCUT2D eigenvalue weighted by atomic mass is 16.5. The predicted molar refractivity (Wildman–Crippen MR) is 102 cm³/mol. The Morgan fingerprint density at radius 2 is 1.75 bits per heavy atom. The fourth-order valence-corrected chi connectivity index (χ4v) is 2.82. The largest absolute Gasteiger partial charge is 0.454 e. The smallest absolute Gasteiger partial charge is 0.326 e. The molecule has 1 heterocycles. The topological polar surface area (TPSA) is 96.0 Å². The van der Waals surface area contributed by atoms with Crippen molar-refractivity contribution in [3.63, 3.8) is 0 Å². The van der Waals surface area contributed by atoms with Crippen LogP contribution in [0.3, 0.4) is 0 Å². The fourth-order valence-electron chi connectivity index (χ4n) is 2.82. The molecule has 0 spiro atoms. The minimum absolute atomic E-state index is 0.359. The van der Waals surface area contributed by atoms with Crippen LogP contribution in [0, 0.1) is 0 Å². The number of ether oxygens (including phenoxy) is 1. The van der Waals surface area contributed by atoms with Gasteiger partial charge in [0.25, 0.3) is 11.8 Å². The lowest BCUT2D eigenvalue weighted by Gasteiger charge is -2.35. The lowest BCUT2D eigenvalue weighted by atomic mass is 10.0. The number of amides is 4. The molecule has 0 unspecified atom stereocenters. The van der Waals surface area contributed by atoms with Gasteiger partial charge < -0.3 is 15.0 Å². The Kier molecular flexibility index (Phi) is 6.11. The lowest BCUT2D eigenvalue weighted by Crippen LogP contribution is -2.47. The van der Waals surface area contributed by atoms with Crippen molar-refractivity contribution in [2.45, 2.75) is 52.2 Å². The summed E-state index contributed by atoms with van der Waals surface area (Å²) in [5.74, 6) is -1.69. The van der Waals surface area contributed by atoms with Crippen LogP contribution in [0.5, 0.6) is 0 Å². The van der Waals surface area contributed by atoms with Gasteiger partial charge in [-0.1, -0.05) is 30.3 Å². The standard InChI is InChI=1S/C20H27N3O5/c1-19(2,3)23(11-14-9-7-6-8-10-14)15(24)13-28-16(25)12-22-17(26)20(4,5)21-18(22)27/h6-10H,11-13H2,1-5H3,(H,21,27). The van der Waals surface area contributed by atoms with Crippen LogP contribution in [0.1, 0.15) is 40.2 Å². The molecule has 152 valence electrons. The zero-order chi connectivity index (χ0) is 21.1. The zero-order valence-corrected chi connectivity index (χ0v) is 16.9. The van der Waals surface area contributed by atoms with E-state index in [0.717, 1.165) is 10.5 Å². The number of nitrogens with one attached hydrogen (secondary N) is 1. The Balaban J connectivity index is 1.96. The van der Waals surface area contributed by atoms with Crippen molar-refractivity contribution >= 4 is 23.8 Å². The van der Waals surface area contributed by atoms with E-state index in [-0.39, 0.29) is 5.91 Å². The third-order valence-electron chi connectivity index (χ3n) is 4.38. The van der Waals surface area contributed by atoms with E-state index < -0.39 is 42.1 Å². The maximum absolute atomic E-state index is 12.7. The van der Waals surface area contributed by atoms with Crippen LogP contribution in [0.2, 0.25) is 0 Å². The van der Waals surface area contributed by atoms with Crippen LogP contribution < -0.4 is 5.32 Å². The van der Waals surface area contributed by atoms with Gasteiger partial charge in [0.05, 0.1) is 0 Å². The van der Waals surface area contributed by atoms with Gasteiger partial charge in [-0.15, -0.1) is 0 Å². The molecule has 28 heavy (non-hydrogen) atoms. The summed E-state index contributed by atoms with van der Waals surface area (Å²) in [6.07, 6.45) is 0. The summed E-state index contributed by atoms with van der Waals surface area (Å²) in [4.78, 5) is 51.1. The summed E-state index contributed by atoms with van der Waals surface area (Å²) in [5, 5.41) is 2.48. The number of urea groups is 1. The molecule has 8 nitrogen and oxygen atoms in total. The Morgan fingerprint density at radius 1 is 1.14 bits per heavy atom. The molecule has 0 aliphatic carbocycles. The zero-order valence-electron chi connectivity index (χ0n) is 16.9. The number of rotatable bonds is 6. The number of carbonyl (C=O) groups excluding carboxylic acids is 4. The second-order valence-electron chi connectivity index (χ2n) is 8.24. The molecule has 0 saturated carbocycles. The first-order chi connectivity index (χ1) is 12.9. The highest BCUT2D eigenvalue weighted by molar-refractivity contribution is 6.08. The number of esters is 1. The first kappa shape index (κ1) is 21.4. The van der Waals surface area contributed by atoms with Gasteiger partial charge >= 0.3 is 12.0 Å². The van der Waals surface area contributed by atoms with Crippen LogP contribution in [0.4, 0.5) is 4.79 Å². The van der Waals surface area contributed by atoms with Crippen LogP contribution in [-0.4, -0.2) is 57.8 Å². The van der Waals surface area contributed by atoms with Crippen molar-refractivity contribution in [2.75, 3.05) is 13.2 Å². The molecule has 0 bridgehead atoms. The molecule has 8 heteroatoms. The average molecular weight is 389 g/mol. The molecule has 1 saturated heterocycles. The Morgan fingerprint density at radius 3 is 2.25 bits per heavy atom. The molecule has 2 rings (SSSR count). The molecular weight excluding hydrogens is 362 g/mol. The van der Waals surface area contributed by atoms with Gasteiger partial charge in [0.1, 0.15) is 12.1 Å².